The zero-order valence-electron chi connectivity index (χ0n) is 27.4. The monoisotopic (exact) mass is 800 g/mol. The first-order valence-corrected chi connectivity index (χ1v) is 17.8. The van der Waals surface area contributed by atoms with Crippen LogP contribution in [0.3, 0.4) is 0 Å². The number of thiazole rings is 1. The third-order valence-corrected chi connectivity index (χ3v) is 9.98. The molecule has 1 aliphatic rings. The Hall–Kier alpha value is -4.67. The molecule has 0 fully saturated rings. The van der Waals surface area contributed by atoms with E-state index >= 15 is 0 Å². The lowest BCUT2D eigenvalue weighted by Gasteiger charge is -2.26. The molecule has 0 N–H and O–H groups in total. The van der Waals surface area contributed by atoms with Crippen LogP contribution in [0.4, 0.5) is 13.2 Å². The van der Waals surface area contributed by atoms with Crippen LogP contribution in [0.2, 0.25) is 0 Å². The molecule has 0 saturated carbocycles. The summed E-state index contributed by atoms with van der Waals surface area (Å²) in [5.74, 6) is 0.495. The molecule has 0 amide bonds. The van der Waals surface area contributed by atoms with Gasteiger partial charge in [0.05, 0.1) is 47.9 Å². The third-order valence-electron chi connectivity index (χ3n) is 7.53. The van der Waals surface area contributed by atoms with Crippen molar-refractivity contribution < 1.29 is 36.6 Å². The van der Waals surface area contributed by atoms with Crippen LogP contribution in [0.1, 0.15) is 43.8 Å². The number of hydrogen-bond donors (Lipinski definition) is 0. The Morgan fingerprint density at radius 2 is 1.84 bits per heavy atom. The summed E-state index contributed by atoms with van der Waals surface area (Å²) in [5.41, 5.74) is 0.150. The van der Waals surface area contributed by atoms with Crippen LogP contribution in [0.5, 0.6) is 11.5 Å². The van der Waals surface area contributed by atoms with Gasteiger partial charge in [0, 0.05) is 16.1 Å². The van der Waals surface area contributed by atoms with Crippen molar-refractivity contribution in [2.75, 3.05) is 20.3 Å². The van der Waals surface area contributed by atoms with Crippen molar-refractivity contribution in [1.82, 2.24) is 14.5 Å². The van der Waals surface area contributed by atoms with E-state index < -0.39 is 29.4 Å². The van der Waals surface area contributed by atoms with Crippen LogP contribution < -0.4 is 24.4 Å². The lowest BCUT2D eigenvalue weighted by Crippen LogP contribution is -2.40. The van der Waals surface area contributed by atoms with E-state index in [1.165, 1.54) is 17.8 Å². The van der Waals surface area contributed by atoms with Gasteiger partial charge in [0.25, 0.3) is 5.56 Å². The number of furan rings is 1. The number of benzene rings is 2. The van der Waals surface area contributed by atoms with Crippen molar-refractivity contribution in [3.8, 4) is 22.8 Å². The second-order valence-electron chi connectivity index (χ2n) is 10.8. The van der Waals surface area contributed by atoms with Crippen molar-refractivity contribution in [2.24, 2.45) is 4.99 Å². The number of esters is 1. The molecule has 6 rings (SSSR count). The molecule has 4 heterocycles. The second-order valence-corrected chi connectivity index (χ2v) is 13.6. The predicted octanol–water partition coefficient (Wildman–Crippen LogP) is 7.19. The van der Waals surface area contributed by atoms with E-state index in [1.54, 1.807) is 68.4 Å². The number of fused-ring (bicyclic) bond motifs is 1. The average Bonchev–Trinajstić information content (AvgIpc) is 3.67. The molecule has 2 aromatic carbocycles. The number of carbonyl (C=O) groups excluding carboxylic acids is 1. The van der Waals surface area contributed by atoms with Crippen molar-refractivity contribution in [1.29, 1.82) is 0 Å². The summed E-state index contributed by atoms with van der Waals surface area (Å²) in [6.45, 7) is 5.64. The predicted molar refractivity (Wildman–Crippen MR) is 188 cm³/mol. The number of ether oxygens (including phenoxy) is 3. The smallest absolute Gasteiger partial charge is 0.433 e. The highest BCUT2D eigenvalue weighted by molar-refractivity contribution is 9.10. The normalized spacial score (nSPS) is 14.7. The van der Waals surface area contributed by atoms with E-state index in [9.17, 15) is 22.8 Å². The summed E-state index contributed by atoms with van der Waals surface area (Å²) >= 11 is 5.49. The summed E-state index contributed by atoms with van der Waals surface area (Å²) in [6.07, 6.45) is -3.19. The summed E-state index contributed by atoms with van der Waals surface area (Å²) in [6, 6.07) is 15.0. The first-order chi connectivity index (χ1) is 24.4. The minimum atomic E-state index is -4.69. The van der Waals surface area contributed by atoms with Gasteiger partial charge in [0.1, 0.15) is 11.5 Å². The van der Waals surface area contributed by atoms with Crippen LogP contribution >= 0.6 is 39.0 Å². The molecule has 0 unspecified atom stereocenters. The van der Waals surface area contributed by atoms with Crippen LogP contribution in [0.25, 0.3) is 17.3 Å². The molecule has 0 radical (unpaired) electrons. The highest BCUT2D eigenvalue weighted by atomic mass is 79.9. The maximum Gasteiger partial charge on any atom is 0.433 e. The van der Waals surface area contributed by atoms with Crippen LogP contribution in [0, 0.1) is 0 Å². The van der Waals surface area contributed by atoms with Gasteiger partial charge in [-0.3, -0.25) is 9.36 Å². The molecule has 1 aliphatic heterocycles. The van der Waals surface area contributed by atoms with E-state index in [0.29, 0.717) is 44.2 Å². The van der Waals surface area contributed by atoms with E-state index in [2.05, 4.69) is 30.9 Å². The Kier molecular flexibility index (Phi) is 10.6. The Labute approximate surface area is 305 Å². The van der Waals surface area contributed by atoms with Gasteiger partial charge >= 0.3 is 12.1 Å². The van der Waals surface area contributed by atoms with E-state index in [0.717, 1.165) is 29.2 Å². The molecule has 10 nitrogen and oxygen atoms in total. The lowest BCUT2D eigenvalue weighted by molar-refractivity contribution is -0.141. The Morgan fingerprint density at radius 1 is 1.08 bits per heavy atom. The average molecular weight is 802 g/mol. The molecule has 0 spiro atoms. The fourth-order valence-corrected chi connectivity index (χ4v) is 7.64. The van der Waals surface area contributed by atoms with Crippen molar-refractivity contribution >= 4 is 51.1 Å². The van der Waals surface area contributed by atoms with Crippen molar-refractivity contribution in [2.45, 2.75) is 43.2 Å². The standard InChI is InChI=1S/C35H28BrF3N4O6S2/c1-5-47-25-15-21(22(36)16-24(25)46-4)30-29(32(45)48-6-2)18(3)40-34-43(30)31(44)26(50-34)14-20-12-13-28(49-20)51-33-41-23(19-10-8-7-9-11-19)17-27(42-33)35(37,38)39/h7-17,30H,5-6H2,1-4H3/b26-14+/t30-/m1/s1. The molecule has 0 saturated heterocycles. The number of methoxy groups -OCH3 is 1. The number of hydrogen-bond acceptors (Lipinski definition) is 11. The number of alkyl halides is 3. The quantitative estimate of drug-likeness (QED) is 0.107. The highest BCUT2D eigenvalue weighted by Crippen LogP contribution is 2.41. The zero-order chi connectivity index (χ0) is 36.4. The molecule has 5 aromatic rings. The minimum absolute atomic E-state index is 0.109. The molecular formula is C35H28BrF3N4O6S2. The number of nitrogens with zero attached hydrogens (tertiary/aromatic N) is 4. The van der Waals surface area contributed by atoms with E-state index in [1.807, 2.05) is 6.92 Å². The fourth-order valence-electron chi connectivity index (χ4n) is 5.33. The Morgan fingerprint density at radius 3 is 2.53 bits per heavy atom. The van der Waals surface area contributed by atoms with E-state index in [-0.39, 0.29) is 38.4 Å². The number of allylic oxidation sites excluding steroid dienone is 1. The van der Waals surface area contributed by atoms with Crippen LogP contribution in [0.15, 0.2) is 101 Å². The summed E-state index contributed by atoms with van der Waals surface area (Å²) in [5, 5.41) is 0.0405. The maximum absolute atomic E-state index is 14.1. The van der Waals surface area contributed by atoms with Gasteiger partial charge in [-0.25, -0.2) is 19.8 Å². The molecule has 3 aromatic heterocycles. The molecular weight excluding hydrogens is 773 g/mol. The van der Waals surface area contributed by atoms with Gasteiger partial charge < -0.3 is 18.6 Å². The van der Waals surface area contributed by atoms with Gasteiger partial charge in [-0.05, 0) is 68.4 Å². The second kappa shape index (κ2) is 14.9. The molecule has 1 atom stereocenters. The van der Waals surface area contributed by atoms with Gasteiger partial charge in [0.15, 0.2) is 26.5 Å². The summed E-state index contributed by atoms with van der Waals surface area (Å²) < 4.78 is 66.1. The summed E-state index contributed by atoms with van der Waals surface area (Å²) in [4.78, 5) is 40.5. The number of aromatic nitrogens is 3. The fraction of sp³-hybridized carbons (Fsp3) is 0.229. The molecule has 0 aliphatic carbocycles. The lowest BCUT2D eigenvalue weighted by atomic mass is 9.95. The first-order valence-electron chi connectivity index (χ1n) is 15.4. The number of halogens is 4. The minimum Gasteiger partial charge on any atom is -0.493 e. The SMILES string of the molecule is CCOC(=O)C1=C(C)N=c2s/c(=C/c3ccc(Sc4nc(-c5ccccc5)cc(C(F)(F)F)n4)o3)c(=O)n2[C@@H]1c1cc(OCC)c(OC)cc1Br. The third kappa shape index (κ3) is 7.53. The Balaban J connectivity index is 1.41. The highest BCUT2D eigenvalue weighted by Gasteiger charge is 2.36. The Bertz CT molecular complexity index is 2340. The molecule has 0 bridgehead atoms. The maximum atomic E-state index is 14.1. The van der Waals surface area contributed by atoms with Crippen molar-refractivity contribution in [3.05, 3.63) is 113 Å². The van der Waals surface area contributed by atoms with E-state index in [4.69, 9.17) is 18.6 Å². The largest absolute Gasteiger partial charge is 0.493 e. The van der Waals surface area contributed by atoms with Gasteiger partial charge in [-0.2, -0.15) is 13.2 Å². The van der Waals surface area contributed by atoms with Gasteiger partial charge in [-0.15, -0.1) is 0 Å². The molecule has 264 valence electrons. The molecule has 51 heavy (non-hydrogen) atoms. The number of carbonyl (C=O) groups is 1. The van der Waals surface area contributed by atoms with Gasteiger partial charge in [-0.1, -0.05) is 57.6 Å². The first kappa shape index (κ1) is 36.1. The van der Waals surface area contributed by atoms with Crippen LogP contribution in [-0.4, -0.2) is 40.8 Å². The van der Waals surface area contributed by atoms with Crippen LogP contribution in [-0.2, 0) is 15.7 Å². The topological polar surface area (TPSA) is 118 Å². The number of rotatable bonds is 10. The van der Waals surface area contributed by atoms with Crippen molar-refractivity contribution in [3.63, 3.8) is 0 Å². The zero-order valence-corrected chi connectivity index (χ0v) is 30.6. The molecule has 16 heteroatoms. The van der Waals surface area contributed by atoms with Gasteiger partial charge in [0.2, 0.25) is 0 Å². The summed E-state index contributed by atoms with van der Waals surface area (Å²) in [7, 11) is 1.51.